The van der Waals surface area contributed by atoms with Gasteiger partial charge in [0.2, 0.25) is 5.89 Å². The minimum absolute atomic E-state index is 0.151. The third kappa shape index (κ3) is 1.47. The molecule has 4 heteroatoms. The normalized spacial score (nSPS) is 10.4. The first kappa shape index (κ1) is 8.77. The highest BCUT2D eigenvalue weighted by Gasteiger charge is 2.08. The number of hydrogen-bond acceptors (Lipinski definition) is 4. The molecule has 1 heterocycles. The minimum atomic E-state index is 0.151. The van der Waals surface area contributed by atoms with Crippen LogP contribution in [0.3, 0.4) is 0 Å². The Hall–Kier alpha value is -1.81. The molecular weight excluding hydrogens is 180 g/mol. The van der Waals surface area contributed by atoms with Gasteiger partial charge in [-0.05, 0) is 12.1 Å². The first-order chi connectivity index (χ1) is 6.81. The lowest BCUT2D eigenvalue weighted by atomic mass is 10.2. The summed E-state index contributed by atoms with van der Waals surface area (Å²) in [5.74, 6) is 1.14. The second kappa shape index (κ2) is 3.51. The van der Waals surface area contributed by atoms with Gasteiger partial charge in [-0.2, -0.15) is 0 Å². The summed E-state index contributed by atoms with van der Waals surface area (Å²) < 4.78 is 5.30. The predicted octanol–water partition coefficient (Wildman–Crippen LogP) is 1.51. The fraction of sp³-hybridized carbons (Fsp3) is 0.100. The summed E-state index contributed by atoms with van der Waals surface area (Å²) in [6.07, 6.45) is 1.56. The second-order valence-electron chi connectivity index (χ2n) is 2.85. The number of phenols is 1. The highest BCUT2D eigenvalue weighted by atomic mass is 16.4. The van der Waals surface area contributed by atoms with Gasteiger partial charge < -0.3 is 15.3 Å². The van der Waals surface area contributed by atoms with Crippen molar-refractivity contribution >= 4 is 0 Å². The SMILES string of the molecule is NCc1cnc(-c2ccccc2O)o1. The van der Waals surface area contributed by atoms with Crippen LogP contribution in [0.5, 0.6) is 5.75 Å². The number of nitrogens with two attached hydrogens (primary N) is 1. The van der Waals surface area contributed by atoms with Crippen LogP contribution in [0.25, 0.3) is 11.5 Å². The maximum atomic E-state index is 9.51. The molecule has 0 saturated carbocycles. The van der Waals surface area contributed by atoms with E-state index in [9.17, 15) is 5.11 Å². The number of para-hydroxylation sites is 1. The zero-order valence-electron chi connectivity index (χ0n) is 7.47. The zero-order valence-corrected chi connectivity index (χ0v) is 7.47. The fourth-order valence-electron chi connectivity index (χ4n) is 1.18. The van der Waals surface area contributed by atoms with E-state index in [2.05, 4.69) is 4.98 Å². The van der Waals surface area contributed by atoms with Crippen LogP contribution in [-0.4, -0.2) is 10.1 Å². The molecule has 14 heavy (non-hydrogen) atoms. The van der Waals surface area contributed by atoms with E-state index in [1.165, 1.54) is 0 Å². The Morgan fingerprint density at radius 1 is 1.36 bits per heavy atom. The quantitative estimate of drug-likeness (QED) is 0.752. The number of hydrogen-bond donors (Lipinski definition) is 2. The summed E-state index contributed by atoms with van der Waals surface area (Å²) in [4.78, 5) is 4.01. The Bertz CT molecular complexity index is 437. The van der Waals surface area contributed by atoms with Crippen LogP contribution in [0.1, 0.15) is 5.76 Å². The molecule has 0 aliphatic carbocycles. The molecule has 0 atom stereocenters. The van der Waals surface area contributed by atoms with Crippen molar-refractivity contribution in [3.8, 4) is 17.2 Å². The number of rotatable bonds is 2. The number of benzene rings is 1. The average Bonchev–Trinajstić information content (AvgIpc) is 2.67. The van der Waals surface area contributed by atoms with Crippen LogP contribution < -0.4 is 5.73 Å². The van der Waals surface area contributed by atoms with Crippen LogP contribution in [-0.2, 0) is 6.54 Å². The van der Waals surface area contributed by atoms with Crippen molar-refractivity contribution in [3.63, 3.8) is 0 Å². The van der Waals surface area contributed by atoms with Crippen LogP contribution in [0.2, 0.25) is 0 Å². The van der Waals surface area contributed by atoms with Crippen molar-refractivity contribution in [2.75, 3.05) is 0 Å². The molecule has 1 aromatic carbocycles. The molecule has 0 aliphatic heterocycles. The van der Waals surface area contributed by atoms with E-state index >= 15 is 0 Å². The molecule has 72 valence electrons. The standard InChI is InChI=1S/C10H10N2O2/c11-5-7-6-12-10(14-7)8-3-1-2-4-9(8)13/h1-4,6,13H,5,11H2. The first-order valence-corrected chi connectivity index (χ1v) is 4.24. The van der Waals surface area contributed by atoms with Gasteiger partial charge in [0.25, 0.3) is 0 Å². The van der Waals surface area contributed by atoms with E-state index in [0.29, 0.717) is 23.8 Å². The van der Waals surface area contributed by atoms with Gasteiger partial charge >= 0.3 is 0 Å². The van der Waals surface area contributed by atoms with Gasteiger partial charge in [-0.15, -0.1) is 0 Å². The molecule has 1 aromatic heterocycles. The Morgan fingerprint density at radius 2 is 2.14 bits per heavy atom. The van der Waals surface area contributed by atoms with Crippen LogP contribution >= 0.6 is 0 Å². The third-order valence-corrected chi connectivity index (χ3v) is 1.89. The second-order valence-corrected chi connectivity index (χ2v) is 2.85. The lowest BCUT2D eigenvalue weighted by Gasteiger charge is -1.97. The van der Waals surface area contributed by atoms with Crippen molar-refractivity contribution in [1.29, 1.82) is 0 Å². The van der Waals surface area contributed by atoms with Crippen molar-refractivity contribution in [2.24, 2.45) is 5.73 Å². The van der Waals surface area contributed by atoms with Crippen molar-refractivity contribution < 1.29 is 9.52 Å². The number of oxazole rings is 1. The molecule has 0 saturated heterocycles. The molecule has 4 nitrogen and oxygen atoms in total. The first-order valence-electron chi connectivity index (χ1n) is 4.24. The lowest BCUT2D eigenvalue weighted by Crippen LogP contribution is -1.92. The van der Waals surface area contributed by atoms with E-state index in [1.807, 2.05) is 0 Å². The molecular formula is C10H10N2O2. The molecule has 0 amide bonds. The summed E-state index contributed by atoms with van der Waals surface area (Å²) in [7, 11) is 0. The van der Waals surface area contributed by atoms with Gasteiger partial charge in [-0.1, -0.05) is 12.1 Å². The molecule has 3 N–H and O–H groups in total. The molecule has 0 fully saturated rings. The zero-order chi connectivity index (χ0) is 9.97. The topological polar surface area (TPSA) is 72.3 Å². The maximum Gasteiger partial charge on any atom is 0.230 e. The van der Waals surface area contributed by atoms with Crippen LogP contribution in [0.15, 0.2) is 34.9 Å². The lowest BCUT2D eigenvalue weighted by molar-refractivity contribution is 0.469. The number of aromatic hydroxyl groups is 1. The average molecular weight is 190 g/mol. The molecule has 0 unspecified atom stereocenters. The Labute approximate surface area is 81.0 Å². The summed E-state index contributed by atoms with van der Waals surface area (Å²) in [5, 5.41) is 9.51. The highest BCUT2D eigenvalue weighted by molar-refractivity contribution is 5.61. The Kier molecular flexibility index (Phi) is 2.20. The molecule has 2 rings (SSSR count). The van der Waals surface area contributed by atoms with Crippen LogP contribution in [0.4, 0.5) is 0 Å². The van der Waals surface area contributed by atoms with Gasteiger partial charge in [0, 0.05) is 0 Å². The predicted molar refractivity (Wildman–Crippen MR) is 51.5 cm³/mol. The minimum Gasteiger partial charge on any atom is -0.507 e. The van der Waals surface area contributed by atoms with Gasteiger partial charge in [-0.25, -0.2) is 4.98 Å². The molecule has 0 bridgehead atoms. The Balaban J connectivity index is 2.44. The molecule has 0 spiro atoms. The monoisotopic (exact) mass is 190 g/mol. The number of nitrogens with zero attached hydrogens (tertiary/aromatic N) is 1. The summed E-state index contributed by atoms with van der Waals surface area (Å²) >= 11 is 0. The molecule has 0 radical (unpaired) electrons. The highest BCUT2D eigenvalue weighted by Crippen LogP contribution is 2.27. The van der Waals surface area contributed by atoms with Gasteiger partial charge in [-0.3, -0.25) is 0 Å². The molecule has 2 aromatic rings. The summed E-state index contributed by atoms with van der Waals surface area (Å²) in [5.41, 5.74) is 5.96. The van der Waals surface area contributed by atoms with E-state index in [1.54, 1.807) is 30.5 Å². The van der Waals surface area contributed by atoms with Crippen molar-refractivity contribution in [1.82, 2.24) is 4.98 Å². The summed E-state index contributed by atoms with van der Waals surface area (Å²) in [6, 6.07) is 6.87. The van der Waals surface area contributed by atoms with E-state index in [4.69, 9.17) is 10.2 Å². The van der Waals surface area contributed by atoms with Gasteiger partial charge in [0.05, 0.1) is 18.3 Å². The number of aromatic nitrogens is 1. The van der Waals surface area contributed by atoms with Gasteiger partial charge in [0.15, 0.2) is 0 Å². The summed E-state index contributed by atoms with van der Waals surface area (Å²) in [6.45, 7) is 0.306. The third-order valence-electron chi connectivity index (χ3n) is 1.89. The van der Waals surface area contributed by atoms with E-state index in [-0.39, 0.29) is 5.75 Å². The smallest absolute Gasteiger partial charge is 0.230 e. The van der Waals surface area contributed by atoms with Crippen molar-refractivity contribution in [3.05, 3.63) is 36.2 Å². The van der Waals surface area contributed by atoms with Crippen molar-refractivity contribution in [2.45, 2.75) is 6.54 Å². The fourth-order valence-corrected chi connectivity index (χ4v) is 1.18. The number of phenolic OH excluding ortho intramolecular Hbond substituents is 1. The van der Waals surface area contributed by atoms with E-state index in [0.717, 1.165) is 0 Å². The Morgan fingerprint density at radius 3 is 2.79 bits per heavy atom. The van der Waals surface area contributed by atoms with Gasteiger partial charge in [0.1, 0.15) is 11.5 Å². The van der Waals surface area contributed by atoms with E-state index < -0.39 is 0 Å². The maximum absolute atomic E-state index is 9.51. The van der Waals surface area contributed by atoms with Crippen LogP contribution in [0, 0.1) is 0 Å². The molecule has 0 aliphatic rings. The largest absolute Gasteiger partial charge is 0.507 e.